The molecule has 0 heterocycles. The van der Waals surface area contributed by atoms with E-state index in [1.807, 2.05) is 0 Å². The van der Waals surface area contributed by atoms with Gasteiger partial charge in [0.05, 0.1) is 12.7 Å². The van der Waals surface area contributed by atoms with Gasteiger partial charge in [0, 0.05) is 10.9 Å². The number of esters is 2. The van der Waals surface area contributed by atoms with Crippen LogP contribution in [0.25, 0.3) is 0 Å². The summed E-state index contributed by atoms with van der Waals surface area (Å²) in [5, 5.41) is 0.166. The van der Waals surface area contributed by atoms with Crippen molar-refractivity contribution in [2.75, 3.05) is 13.7 Å². The summed E-state index contributed by atoms with van der Waals surface area (Å²) in [4.78, 5) is 23.3. The lowest BCUT2D eigenvalue weighted by Gasteiger charge is -2.20. The first-order valence-corrected chi connectivity index (χ1v) is 7.62. The van der Waals surface area contributed by atoms with Crippen LogP contribution in [0.5, 0.6) is 5.75 Å². The van der Waals surface area contributed by atoms with Gasteiger partial charge in [0.2, 0.25) is 0 Å². The molecule has 0 radical (unpaired) electrons. The molecule has 22 heavy (non-hydrogen) atoms. The topological polar surface area (TPSA) is 61.8 Å². The Labute approximate surface area is 136 Å². The van der Waals surface area contributed by atoms with Crippen molar-refractivity contribution in [1.82, 2.24) is 0 Å². The van der Waals surface area contributed by atoms with Crippen molar-refractivity contribution in [3.8, 4) is 5.75 Å². The van der Waals surface area contributed by atoms with Gasteiger partial charge >= 0.3 is 11.9 Å². The Bertz CT molecular complexity index is 566. The van der Waals surface area contributed by atoms with Crippen LogP contribution in [0.3, 0.4) is 0 Å². The Kier molecular flexibility index (Phi) is 6.34. The van der Waals surface area contributed by atoms with Gasteiger partial charge in [0.25, 0.3) is 0 Å². The van der Waals surface area contributed by atoms with Crippen molar-refractivity contribution in [1.29, 1.82) is 0 Å². The summed E-state index contributed by atoms with van der Waals surface area (Å²) in [5.74, 6) is -2.09. The number of hydrogen-bond acceptors (Lipinski definition) is 5. The van der Waals surface area contributed by atoms with E-state index >= 15 is 0 Å². The highest BCUT2D eigenvalue weighted by Crippen LogP contribution is 2.29. The minimum absolute atomic E-state index is 0.166. The first kappa shape index (κ1) is 18.4. The van der Waals surface area contributed by atoms with Crippen LogP contribution in [0.15, 0.2) is 12.1 Å². The Morgan fingerprint density at radius 2 is 1.91 bits per heavy atom. The average molecular weight is 377 g/mol. The smallest absolute Gasteiger partial charge is 0.344 e. The van der Waals surface area contributed by atoms with Crippen LogP contribution in [-0.2, 0) is 19.6 Å². The summed E-state index contributed by atoms with van der Waals surface area (Å²) in [7, 11) is 1.23. The largest absolute Gasteiger partial charge is 0.478 e. The lowest BCUT2D eigenvalue weighted by atomic mass is 10.1. The third-order valence-corrected chi connectivity index (χ3v) is 3.07. The van der Waals surface area contributed by atoms with E-state index in [2.05, 4.69) is 20.7 Å². The molecule has 0 unspecified atom stereocenters. The Morgan fingerprint density at radius 1 is 1.27 bits per heavy atom. The number of halogens is 2. The van der Waals surface area contributed by atoms with E-state index in [0.29, 0.717) is 0 Å². The summed E-state index contributed by atoms with van der Waals surface area (Å²) < 4.78 is 28.9. The van der Waals surface area contributed by atoms with Crippen LogP contribution in [0, 0.1) is 5.82 Å². The van der Waals surface area contributed by atoms with Gasteiger partial charge in [-0.15, -0.1) is 0 Å². The van der Waals surface area contributed by atoms with E-state index in [1.165, 1.54) is 13.2 Å². The van der Waals surface area contributed by atoms with Gasteiger partial charge in [0.15, 0.2) is 18.2 Å². The van der Waals surface area contributed by atoms with E-state index in [9.17, 15) is 14.0 Å². The van der Waals surface area contributed by atoms with Crippen molar-refractivity contribution in [3.63, 3.8) is 0 Å². The van der Waals surface area contributed by atoms with Crippen LogP contribution in [-0.4, -0.2) is 31.3 Å². The normalized spacial score (nSPS) is 11.0. The molecular formula is C15H18BrFO5. The molecule has 0 saturated heterocycles. The molecule has 1 aromatic rings. The van der Waals surface area contributed by atoms with Crippen molar-refractivity contribution >= 4 is 27.9 Å². The summed E-state index contributed by atoms with van der Waals surface area (Å²) in [6, 6.07) is 2.39. The zero-order valence-corrected chi connectivity index (χ0v) is 14.5. The van der Waals surface area contributed by atoms with E-state index in [-0.39, 0.29) is 22.2 Å². The number of alkyl halides is 1. The van der Waals surface area contributed by atoms with Crippen molar-refractivity contribution in [2.24, 2.45) is 0 Å². The second-order valence-electron chi connectivity index (χ2n) is 5.40. The van der Waals surface area contributed by atoms with Gasteiger partial charge in [-0.1, -0.05) is 15.9 Å². The minimum Gasteiger partial charge on any atom is -0.478 e. The highest BCUT2D eigenvalue weighted by molar-refractivity contribution is 9.08. The average Bonchev–Trinajstić information content (AvgIpc) is 2.42. The lowest BCUT2D eigenvalue weighted by Crippen LogP contribution is -2.27. The Morgan fingerprint density at radius 3 is 2.41 bits per heavy atom. The summed E-state index contributed by atoms with van der Waals surface area (Å²) in [6.45, 7) is 4.69. The molecule has 0 fully saturated rings. The van der Waals surface area contributed by atoms with Crippen LogP contribution < -0.4 is 4.74 Å². The molecular weight excluding hydrogens is 359 g/mol. The number of benzene rings is 1. The quantitative estimate of drug-likeness (QED) is 0.583. The van der Waals surface area contributed by atoms with Crippen LogP contribution in [0.1, 0.15) is 36.7 Å². The second kappa shape index (κ2) is 7.58. The highest BCUT2D eigenvalue weighted by Gasteiger charge is 2.22. The maximum absolute atomic E-state index is 13.9. The molecule has 5 nitrogen and oxygen atoms in total. The fourth-order valence-electron chi connectivity index (χ4n) is 1.69. The molecule has 7 heteroatoms. The first-order valence-electron chi connectivity index (χ1n) is 6.50. The van der Waals surface area contributed by atoms with Crippen molar-refractivity contribution < 1.29 is 28.2 Å². The molecule has 0 amide bonds. The molecule has 1 aromatic carbocycles. The lowest BCUT2D eigenvalue weighted by molar-refractivity contribution is -0.157. The Hall–Kier alpha value is -1.63. The number of hydrogen-bond donors (Lipinski definition) is 0. The van der Waals surface area contributed by atoms with Gasteiger partial charge in [0.1, 0.15) is 5.60 Å². The summed E-state index contributed by atoms with van der Waals surface area (Å²) >= 11 is 3.18. The van der Waals surface area contributed by atoms with Gasteiger partial charge < -0.3 is 14.2 Å². The van der Waals surface area contributed by atoms with Crippen LogP contribution in [0.4, 0.5) is 4.39 Å². The number of rotatable bonds is 5. The highest BCUT2D eigenvalue weighted by atomic mass is 79.9. The summed E-state index contributed by atoms with van der Waals surface area (Å²) in [6.07, 6.45) is 0. The van der Waals surface area contributed by atoms with Crippen molar-refractivity contribution in [3.05, 3.63) is 29.1 Å². The van der Waals surface area contributed by atoms with Gasteiger partial charge in [-0.05, 0) is 32.9 Å². The molecule has 0 saturated carbocycles. The second-order valence-corrected chi connectivity index (χ2v) is 5.96. The number of methoxy groups -OCH3 is 1. The molecule has 0 bridgehead atoms. The van der Waals surface area contributed by atoms with Gasteiger partial charge in [-0.25, -0.2) is 14.0 Å². The standard InChI is InChI=1S/C15H18BrFO5/c1-15(2,3)22-12(18)8-21-13-10(7-16)9(14(19)20-4)5-6-11(13)17/h5-6H,7-8H2,1-4H3. The minimum atomic E-state index is -0.675. The van der Waals surface area contributed by atoms with Crippen molar-refractivity contribution in [2.45, 2.75) is 31.7 Å². The molecule has 122 valence electrons. The first-order chi connectivity index (χ1) is 10.2. The number of ether oxygens (including phenoxy) is 3. The molecule has 0 aromatic heterocycles. The molecule has 1 rings (SSSR count). The van der Waals surface area contributed by atoms with Gasteiger partial charge in [-0.3, -0.25) is 0 Å². The van der Waals surface area contributed by atoms with E-state index < -0.39 is 30.0 Å². The molecule has 0 atom stereocenters. The Balaban J connectivity index is 2.99. The van der Waals surface area contributed by atoms with E-state index in [1.54, 1.807) is 20.8 Å². The van der Waals surface area contributed by atoms with Crippen LogP contribution >= 0.6 is 15.9 Å². The zero-order valence-electron chi connectivity index (χ0n) is 12.9. The SMILES string of the molecule is COC(=O)c1ccc(F)c(OCC(=O)OC(C)(C)C)c1CBr. The van der Waals surface area contributed by atoms with Gasteiger partial charge in [-0.2, -0.15) is 0 Å². The molecule has 0 aliphatic carbocycles. The molecule has 0 aliphatic rings. The predicted octanol–water partition coefficient (Wildman–Crippen LogP) is 3.23. The van der Waals surface area contributed by atoms with E-state index in [4.69, 9.17) is 9.47 Å². The monoisotopic (exact) mass is 376 g/mol. The number of carbonyl (C=O) groups is 2. The maximum Gasteiger partial charge on any atom is 0.344 e. The zero-order chi connectivity index (χ0) is 16.9. The molecule has 0 N–H and O–H groups in total. The maximum atomic E-state index is 13.9. The van der Waals surface area contributed by atoms with Crippen LogP contribution in [0.2, 0.25) is 0 Å². The molecule has 0 aliphatic heterocycles. The fraction of sp³-hybridized carbons (Fsp3) is 0.467. The molecule has 0 spiro atoms. The fourth-order valence-corrected chi connectivity index (χ4v) is 2.25. The summed E-state index contributed by atoms with van der Waals surface area (Å²) in [5.41, 5.74) is -0.221. The number of carbonyl (C=O) groups excluding carboxylic acids is 2. The third-order valence-electron chi connectivity index (χ3n) is 2.51. The van der Waals surface area contributed by atoms with E-state index in [0.717, 1.165) is 6.07 Å². The predicted molar refractivity (Wildman–Crippen MR) is 81.7 cm³/mol. The third kappa shape index (κ3) is 4.98.